The molecule has 0 saturated carbocycles. The van der Waals surface area contributed by atoms with Crippen molar-refractivity contribution in [1.82, 2.24) is 0 Å². The van der Waals surface area contributed by atoms with E-state index in [1.54, 1.807) is 25.1 Å². The summed E-state index contributed by atoms with van der Waals surface area (Å²) in [4.78, 5) is 25.1. The van der Waals surface area contributed by atoms with E-state index in [0.29, 0.717) is 16.9 Å². The number of aryl methyl sites for hydroxylation is 1. The maximum Gasteiger partial charge on any atom is 0.343 e. The van der Waals surface area contributed by atoms with Crippen LogP contribution in [-0.4, -0.2) is 11.8 Å². The average Bonchev–Trinajstić information content (AvgIpc) is 3.07. The van der Waals surface area contributed by atoms with Gasteiger partial charge in [0, 0.05) is 5.56 Å². The third-order valence-electron chi connectivity index (χ3n) is 5.00. The molecule has 0 fully saturated rings. The highest BCUT2D eigenvalue weighted by Gasteiger charge is 2.30. The van der Waals surface area contributed by atoms with Crippen molar-refractivity contribution in [1.29, 1.82) is 0 Å². The van der Waals surface area contributed by atoms with Gasteiger partial charge < -0.3 is 9.47 Å². The van der Waals surface area contributed by atoms with Crippen molar-refractivity contribution >= 4 is 17.8 Å². The zero-order valence-electron chi connectivity index (χ0n) is 16.6. The Kier molecular flexibility index (Phi) is 5.19. The minimum atomic E-state index is -0.617. The summed E-state index contributed by atoms with van der Waals surface area (Å²) in [6.45, 7) is 3.80. The first kappa shape index (κ1) is 19.6. The van der Waals surface area contributed by atoms with Crippen LogP contribution in [0.25, 0.3) is 6.08 Å². The molecule has 0 saturated heterocycles. The van der Waals surface area contributed by atoms with Gasteiger partial charge in [-0.3, -0.25) is 4.79 Å². The molecule has 0 aromatic heterocycles. The quantitative estimate of drug-likeness (QED) is 0.327. The van der Waals surface area contributed by atoms with E-state index < -0.39 is 11.8 Å². The number of carbonyl (C=O) groups is 2. The molecule has 3 aromatic rings. The highest BCUT2D eigenvalue weighted by atomic mass is 19.1. The van der Waals surface area contributed by atoms with E-state index in [-0.39, 0.29) is 22.9 Å². The molecule has 4 nitrogen and oxygen atoms in total. The van der Waals surface area contributed by atoms with Crippen LogP contribution in [0.4, 0.5) is 4.39 Å². The summed E-state index contributed by atoms with van der Waals surface area (Å²) in [6.07, 6.45) is 2.64. The van der Waals surface area contributed by atoms with Gasteiger partial charge in [0.05, 0.1) is 11.1 Å². The van der Waals surface area contributed by atoms with Gasteiger partial charge in [-0.15, -0.1) is 0 Å². The molecule has 0 spiro atoms. The molecule has 5 heteroatoms. The van der Waals surface area contributed by atoms with Crippen molar-refractivity contribution < 1.29 is 23.5 Å². The van der Waals surface area contributed by atoms with Crippen LogP contribution in [0.15, 0.2) is 66.4 Å². The lowest BCUT2D eigenvalue weighted by molar-refractivity contribution is 0.0733. The fourth-order valence-corrected chi connectivity index (χ4v) is 3.22. The molecule has 4 rings (SSSR count). The van der Waals surface area contributed by atoms with Crippen molar-refractivity contribution in [2.75, 3.05) is 0 Å². The third kappa shape index (κ3) is 3.74. The van der Waals surface area contributed by atoms with E-state index in [0.717, 1.165) is 12.0 Å². The second-order valence-corrected chi connectivity index (χ2v) is 7.00. The minimum Gasteiger partial charge on any atom is -0.452 e. The summed E-state index contributed by atoms with van der Waals surface area (Å²) in [6, 6.07) is 16.1. The summed E-state index contributed by atoms with van der Waals surface area (Å²) in [7, 11) is 0. The SMILES string of the molecule is CCc1ccc(/C=C2\Oc3c(ccc(OC(=O)c4ccc(F)cc4)c3C)C2=O)cc1. The monoisotopic (exact) mass is 402 g/mol. The number of hydrogen-bond donors (Lipinski definition) is 0. The Morgan fingerprint density at radius 2 is 1.73 bits per heavy atom. The first-order chi connectivity index (χ1) is 14.5. The topological polar surface area (TPSA) is 52.6 Å². The summed E-state index contributed by atoms with van der Waals surface area (Å²) in [5.74, 6) is -0.390. The average molecular weight is 402 g/mol. The number of ketones is 1. The van der Waals surface area contributed by atoms with Crippen LogP contribution in [0.5, 0.6) is 11.5 Å². The number of ether oxygens (including phenoxy) is 2. The van der Waals surface area contributed by atoms with E-state index >= 15 is 0 Å². The van der Waals surface area contributed by atoms with Gasteiger partial charge in [0.25, 0.3) is 0 Å². The second-order valence-electron chi connectivity index (χ2n) is 7.00. The molecule has 0 amide bonds. The van der Waals surface area contributed by atoms with Crippen LogP contribution in [0.3, 0.4) is 0 Å². The van der Waals surface area contributed by atoms with Crippen LogP contribution in [-0.2, 0) is 6.42 Å². The number of fused-ring (bicyclic) bond motifs is 1. The van der Waals surface area contributed by atoms with Crippen molar-refractivity contribution in [3.63, 3.8) is 0 Å². The number of hydrogen-bond acceptors (Lipinski definition) is 4. The van der Waals surface area contributed by atoms with Gasteiger partial charge in [-0.05, 0) is 66.9 Å². The van der Waals surface area contributed by atoms with Gasteiger partial charge in [-0.1, -0.05) is 31.2 Å². The number of carbonyl (C=O) groups excluding carboxylic acids is 2. The smallest absolute Gasteiger partial charge is 0.343 e. The number of allylic oxidation sites excluding steroid dienone is 1. The standard InChI is InChI=1S/C25H19FO4/c1-3-16-4-6-17(7-5-16)14-22-23(27)20-12-13-21(15(2)24(20)29-22)30-25(28)18-8-10-19(26)11-9-18/h4-14H,3H2,1-2H3/b22-14-. The maximum atomic E-state index is 13.1. The van der Waals surface area contributed by atoms with Crippen molar-refractivity contribution in [3.05, 3.63) is 100 Å². The molecule has 0 aliphatic carbocycles. The van der Waals surface area contributed by atoms with E-state index in [1.807, 2.05) is 24.3 Å². The van der Waals surface area contributed by atoms with Gasteiger partial charge in [0.1, 0.15) is 17.3 Å². The number of halogens is 1. The summed E-state index contributed by atoms with van der Waals surface area (Å²) in [5.41, 5.74) is 3.27. The van der Waals surface area contributed by atoms with E-state index in [4.69, 9.17) is 9.47 Å². The normalized spacial score (nSPS) is 13.8. The second kappa shape index (κ2) is 7.95. The van der Waals surface area contributed by atoms with Gasteiger partial charge in [-0.25, -0.2) is 9.18 Å². The summed E-state index contributed by atoms with van der Waals surface area (Å²) < 4.78 is 24.3. The van der Waals surface area contributed by atoms with E-state index in [9.17, 15) is 14.0 Å². The number of esters is 1. The van der Waals surface area contributed by atoms with Crippen molar-refractivity contribution in [3.8, 4) is 11.5 Å². The zero-order valence-corrected chi connectivity index (χ0v) is 16.6. The lowest BCUT2D eigenvalue weighted by atomic mass is 10.0. The lowest BCUT2D eigenvalue weighted by Crippen LogP contribution is -2.09. The molecule has 1 heterocycles. The minimum absolute atomic E-state index is 0.218. The van der Waals surface area contributed by atoms with Crippen molar-refractivity contribution in [2.45, 2.75) is 20.3 Å². The molecule has 1 aliphatic rings. The molecule has 0 N–H and O–H groups in total. The molecule has 0 bridgehead atoms. The van der Waals surface area contributed by atoms with Crippen LogP contribution in [0.2, 0.25) is 0 Å². The largest absolute Gasteiger partial charge is 0.452 e. The van der Waals surface area contributed by atoms with Gasteiger partial charge in [0.2, 0.25) is 5.78 Å². The molecule has 30 heavy (non-hydrogen) atoms. The highest BCUT2D eigenvalue weighted by molar-refractivity contribution is 6.15. The predicted octanol–water partition coefficient (Wildman–Crippen LogP) is 5.53. The van der Waals surface area contributed by atoms with Crippen LogP contribution in [0, 0.1) is 12.7 Å². The maximum absolute atomic E-state index is 13.1. The predicted molar refractivity (Wildman–Crippen MR) is 111 cm³/mol. The Bertz CT molecular complexity index is 1160. The Morgan fingerprint density at radius 1 is 1.03 bits per heavy atom. The Hall–Kier alpha value is -3.73. The van der Waals surface area contributed by atoms with Crippen molar-refractivity contribution in [2.24, 2.45) is 0 Å². The summed E-state index contributed by atoms with van der Waals surface area (Å²) in [5, 5.41) is 0. The van der Waals surface area contributed by atoms with Gasteiger partial charge in [-0.2, -0.15) is 0 Å². The summed E-state index contributed by atoms with van der Waals surface area (Å²) >= 11 is 0. The van der Waals surface area contributed by atoms with Gasteiger partial charge in [0.15, 0.2) is 5.76 Å². The molecule has 1 aliphatic heterocycles. The highest BCUT2D eigenvalue weighted by Crippen LogP contribution is 2.39. The van der Waals surface area contributed by atoms with Crippen LogP contribution < -0.4 is 9.47 Å². The molecule has 0 radical (unpaired) electrons. The molecule has 150 valence electrons. The number of rotatable bonds is 4. The fraction of sp³-hybridized carbons (Fsp3) is 0.120. The van der Waals surface area contributed by atoms with Crippen LogP contribution >= 0.6 is 0 Å². The molecular weight excluding hydrogens is 383 g/mol. The van der Waals surface area contributed by atoms with E-state index in [2.05, 4.69) is 6.92 Å². The van der Waals surface area contributed by atoms with Crippen LogP contribution in [0.1, 0.15) is 44.3 Å². The number of Topliss-reactive ketones (excluding diaryl/α,β-unsaturated/α-hetero) is 1. The molecule has 0 atom stereocenters. The Labute approximate surface area is 173 Å². The third-order valence-corrected chi connectivity index (χ3v) is 5.00. The molecule has 0 unspecified atom stereocenters. The molecule has 3 aromatic carbocycles. The lowest BCUT2D eigenvalue weighted by Gasteiger charge is -2.10. The Balaban J connectivity index is 1.58. The first-order valence-corrected chi connectivity index (χ1v) is 9.61. The first-order valence-electron chi connectivity index (χ1n) is 9.61. The van der Waals surface area contributed by atoms with Gasteiger partial charge >= 0.3 is 5.97 Å². The van der Waals surface area contributed by atoms with E-state index in [1.165, 1.54) is 29.8 Å². The number of benzene rings is 3. The molecular formula is C25H19FO4. The zero-order chi connectivity index (χ0) is 21.3. The Morgan fingerprint density at radius 3 is 2.40 bits per heavy atom. The fourth-order valence-electron chi connectivity index (χ4n) is 3.22.